The standard InChI is InChI=1S/C22H31N3O/c1-16(2)25-18(4)14-21(19(25)5)22(26)24-12-10-23(11-13-24)15-20-9-7-6-8-17(20)3/h6-9,14,16H,10-13,15H2,1-5H3/p+1. The highest BCUT2D eigenvalue weighted by Crippen LogP contribution is 2.21. The molecule has 0 unspecified atom stereocenters. The van der Waals surface area contributed by atoms with Gasteiger partial charge >= 0.3 is 0 Å². The van der Waals surface area contributed by atoms with Gasteiger partial charge in [0.15, 0.2) is 0 Å². The van der Waals surface area contributed by atoms with Crippen LogP contribution >= 0.6 is 0 Å². The lowest BCUT2D eigenvalue weighted by atomic mass is 10.1. The quantitative estimate of drug-likeness (QED) is 0.898. The van der Waals surface area contributed by atoms with E-state index in [2.05, 4.69) is 69.5 Å². The van der Waals surface area contributed by atoms with Crippen molar-refractivity contribution in [1.82, 2.24) is 9.47 Å². The van der Waals surface area contributed by atoms with Crippen LogP contribution in [0.5, 0.6) is 0 Å². The van der Waals surface area contributed by atoms with Crippen LogP contribution in [-0.2, 0) is 6.54 Å². The van der Waals surface area contributed by atoms with Gasteiger partial charge in [-0.2, -0.15) is 0 Å². The summed E-state index contributed by atoms with van der Waals surface area (Å²) in [6.45, 7) is 15.4. The molecule has 3 rings (SSSR count). The molecule has 4 heteroatoms. The second-order valence-corrected chi connectivity index (χ2v) is 7.89. The fraction of sp³-hybridized carbons (Fsp3) is 0.500. The maximum absolute atomic E-state index is 13.0. The molecule has 26 heavy (non-hydrogen) atoms. The van der Waals surface area contributed by atoms with E-state index in [1.807, 2.05) is 4.90 Å². The van der Waals surface area contributed by atoms with Gasteiger partial charge in [0.1, 0.15) is 6.54 Å². The summed E-state index contributed by atoms with van der Waals surface area (Å²) >= 11 is 0. The molecule has 0 bridgehead atoms. The lowest BCUT2D eigenvalue weighted by molar-refractivity contribution is -0.917. The van der Waals surface area contributed by atoms with E-state index < -0.39 is 0 Å². The number of carbonyl (C=O) groups is 1. The van der Waals surface area contributed by atoms with Gasteiger partial charge in [0.25, 0.3) is 5.91 Å². The van der Waals surface area contributed by atoms with E-state index >= 15 is 0 Å². The van der Waals surface area contributed by atoms with E-state index in [9.17, 15) is 4.79 Å². The number of carbonyl (C=O) groups excluding carboxylic acids is 1. The van der Waals surface area contributed by atoms with Crippen molar-refractivity contribution < 1.29 is 9.69 Å². The van der Waals surface area contributed by atoms with Crippen LogP contribution in [0.4, 0.5) is 0 Å². The first-order chi connectivity index (χ1) is 12.4. The largest absolute Gasteiger partial charge is 0.346 e. The van der Waals surface area contributed by atoms with Crippen molar-refractivity contribution in [2.75, 3.05) is 26.2 Å². The van der Waals surface area contributed by atoms with Gasteiger partial charge in [-0.1, -0.05) is 24.3 Å². The Morgan fingerprint density at radius 1 is 1.12 bits per heavy atom. The molecular formula is C22H32N3O+. The molecule has 1 aliphatic rings. The molecule has 140 valence electrons. The van der Waals surface area contributed by atoms with Crippen LogP contribution in [0, 0.1) is 20.8 Å². The van der Waals surface area contributed by atoms with Crippen LogP contribution in [0.25, 0.3) is 0 Å². The Balaban J connectivity index is 1.64. The van der Waals surface area contributed by atoms with Crippen molar-refractivity contribution in [3.8, 4) is 0 Å². The van der Waals surface area contributed by atoms with Gasteiger partial charge in [0.2, 0.25) is 0 Å². The summed E-state index contributed by atoms with van der Waals surface area (Å²) in [5.41, 5.74) is 5.92. The number of nitrogens with one attached hydrogen (secondary N) is 1. The molecule has 1 aromatic carbocycles. The van der Waals surface area contributed by atoms with Crippen LogP contribution in [0.1, 0.15) is 52.8 Å². The van der Waals surface area contributed by atoms with Gasteiger partial charge in [-0.05, 0) is 46.2 Å². The van der Waals surface area contributed by atoms with Crippen molar-refractivity contribution in [3.05, 3.63) is 58.4 Å². The average molecular weight is 355 g/mol. The monoisotopic (exact) mass is 354 g/mol. The number of hydrogen-bond donors (Lipinski definition) is 1. The Bertz CT molecular complexity index is 783. The molecule has 1 N–H and O–H groups in total. The third-order valence-corrected chi connectivity index (χ3v) is 5.69. The number of hydrogen-bond acceptors (Lipinski definition) is 1. The minimum Gasteiger partial charge on any atom is -0.346 e. The Kier molecular flexibility index (Phi) is 5.52. The molecule has 1 aliphatic heterocycles. The second kappa shape index (κ2) is 7.67. The summed E-state index contributed by atoms with van der Waals surface area (Å²) in [6.07, 6.45) is 0. The fourth-order valence-corrected chi connectivity index (χ4v) is 4.24. The Labute approximate surface area is 157 Å². The average Bonchev–Trinajstić information content (AvgIpc) is 2.91. The minimum absolute atomic E-state index is 0.194. The SMILES string of the molecule is Cc1ccccc1C[NH+]1CCN(C(=O)c2cc(C)n(C(C)C)c2C)CC1. The van der Waals surface area contributed by atoms with Crippen molar-refractivity contribution in [2.24, 2.45) is 0 Å². The van der Waals surface area contributed by atoms with Crippen molar-refractivity contribution >= 4 is 5.91 Å². The van der Waals surface area contributed by atoms with Crippen LogP contribution in [0.15, 0.2) is 30.3 Å². The molecule has 2 aromatic rings. The zero-order valence-corrected chi connectivity index (χ0v) is 16.8. The number of aryl methyl sites for hydroxylation is 2. The van der Waals surface area contributed by atoms with Crippen molar-refractivity contribution in [1.29, 1.82) is 0 Å². The third-order valence-electron chi connectivity index (χ3n) is 5.69. The van der Waals surface area contributed by atoms with Crippen LogP contribution in [-0.4, -0.2) is 41.6 Å². The highest BCUT2D eigenvalue weighted by molar-refractivity contribution is 5.95. The molecule has 0 radical (unpaired) electrons. The molecule has 0 spiro atoms. The predicted octanol–water partition coefficient (Wildman–Crippen LogP) is 2.54. The van der Waals surface area contributed by atoms with E-state index in [-0.39, 0.29) is 5.91 Å². The number of benzene rings is 1. The molecular weight excluding hydrogens is 322 g/mol. The van der Waals surface area contributed by atoms with E-state index in [1.54, 1.807) is 4.90 Å². The van der Waals surface area contributed by atoms with Gasteiger partial charge in [-0.25, -0.2) is 0 Å². The van der Waals surface area contributed by atoms with Crippen molar-refractivity contribution in [3.63, 3.8) is 0 Å². The van der Waals surface area contributed by atoms with E-state index in [1.165, 1.54) is 16.8 Å². The van der Waals surface area contributed by atoms with E-state index in [0.717, 1.165) is 44.0 Å². The Morgan fingerprint density at radius 2 is 1.77 bits per heavy atom. The van der Waals surface area contributed by atoms with Crippen molar-refractivity contribution in [2.45, 2.75) is 47.2 Å². The number of nitrogens with zero attached hydrogens (tertiary/aromatic N) is 2. The first-order valence-corrected chi connectivity index (χ1v) is 9.74. The molecule has 0 atom stereocenters. The van der Waals surface area contributed by atoms with E-state index in [4.69, 9.17) is 0 Å². The van der Waals surface area contributed by atoms with Crippen LogP contribution in [0.3, 0.4) is 0 Å². The number of piperazine rings is 1. The summed E-state index contributed by atoms with van der Waals surface area (Å²) in [7, 11) is 0. The van der Waals surface area contributed by atoms with Crippen LogP contribution < -0.4 is 4.90 Å². The third kappa shape index (κ3) is 3.70. The Hall–Kier alpha value is -2.07. The topological polar surface area (TPSA) is 29.7 Å². The lowest BCUT2D eigenvalue weighted by Gasteiger charge is -2.32. The predicted molar refractivity (Wildman–Crippen MR) is 106 cm³/mol. The van der Waals surface area contributed by atoms with Gasteiger partial charge < -0.3 is 14.4 Å². The number of rotatable bonds is 4. The lowest BCUT2D eigenvalue weighted by Crippen LogP contribution is -3.13. The summed E-state index contributed by atoms with van der Waals surface area (Å²) < 4.78 is 2.26. The smallest absolute Gasteiger partial charge is 0.256 e. The molecule has 1 amide bonds. The molecule has 1 fully saturated rings. The first-order valence-electron chi connectivity index (χ1n) is 9.74. The fourth-order valence-electron chi connectivity index (χ4n) is 4.24. The molecule has 4 nitrogen and oxygen atoms in total. The van der Waals surface area contributed by atoms with Gasteiger partial charge in [0, 0.05) is 23.0 Å². The van der Waals surface area contributed by atoms with E-state index in [0.29, 0.717) is 6.04 Å². The molecule has 0 saturated carbocycles. The van der Waals surface area contributed by atoms with Gasteiger partial charge in [0.05, 0.1) is 31.7 Å². The maximum atomic E-state index is 13.0. The minimum atomic E-state index is 0.194. The second-order valence-electron chi connectivity index (χ2n) is 7.89. The summed E-state index contributed by atoms with van der Waals surface area (Å²) in [6, 6.07) is 11.1. The van der Waals surface area contributed by atoms with Crippen LogP contribution in [0.2, 0.25) is 0 Å². The number of quaternary nitrogens is 1. The van der Waals surface area contributed by atoms with Gasteiger partial charge in [-0.15, -0.1) is 0 Å². The summed E-state index contributed by atoms with van der Waals surface area (Å²) in [4.78, 5) is 16.6. The number of amides is 1. The molecule has 1 saturated heterocycles. The zero-order valence-electron chi connectivity index (χ0n) is 16.8. The normalized spacial score (nSPS) is 15.7. The van der Waals surface area contributed by atoms with Gasteiger partial charge in [-0.3, -0.25) is 4.79 Å². The zero-order chi connectivity index (χ0) is 18.8. The number of aromatic nitrogens is 1. The summed E-state index contributed by atoms with van der Waals surface area (Å²) in [5.74, 6) is 0.194. The molecule has 0 aliphatic carbocycles. The Morgan fingerprint density at radius 3 is 2.35 bits per heavy atom. The molecule has 1 aromatic heterocycles. The summed E-state index contributed by atoms with van der Waals surface area (Å²) in [5, 5.41) is 0. The molecule has 2 heterocycles. The highest BCUT2D eigenvalue weighted by atomic mass is 16.2. The highest BCUT2D eigenvalue weighted by Gasteiger charge is 2.27. The maximum Gasteiger partial charge on any atom is 0.256 e. The first kappa shape index (κ1) is 18.7.